The molecule has 36 heavy (non-hydrogen) atoms. The molecule has 2 aromatic carbocycles. The Kier molecular flexibility index (Phi) is 10.4. The summed E-state index contributed by atoms with van der Waals surface area (Å²) in [6.07, 6.45) is -5.54. The third kappa shape index (κ3) is 8.79. The number of nitrogens with one attached hydrogen (secondary N) is 2. The van der Waals surface area contributed by atoms with Gasteiger partial charge in [0, 0.05) is 4.90 Å². The molecule has 0 aromatic heterocycles. The van der Waals surface area contributed by atoms with Crippen molar-refractivity contribution in [3.63, 3.8) is 0 Å². The molecule has 0 aliphatic rings. The number of allylic oxidation sites excluding steroid dienone is 1. The van der Waals surface area contributed by atoms with Crippen molar-refractivity contribution in [1.82, 2.24) is 10.6 Å². The Labute approximate surface area is 221 Å². The van der Waals surface area contributed by atoms with E-state index in [-0.39, 0.29) is 26.2 Å². The van der Waals surface area contributed by atoms with E-state index in [4.69, 9.17) is 34.8 Å². The van der Waals surface area contributed by atoms with Gasteiger partial charge in [0.2, 0.25) is 5.91 Å². The first-order valence-electron chi connectivity index (χ1n) is 9.81. The Morgan fingerprint density at radius 2 is 1.61 bits per heavy atom. The van der Waals surface area contributed by atoms with Crippen molar-refractivity contribution in [3.05, 3.63) is 68.2 Å². The number of amides is 2. The van der Waals surface area contributed by atoms with Crippen LogP contribution in [0.4, 0.5) is 26.3 Å². The summed E-state index contributed by atoms with van der Waals surface area (Å²) in [4.78, 5) is 24.2. The molecule has 0 saturated carbocycles. The van der Waals surface area contributed by atoms with E-state index in [2.05, 4.69) is 5.32 Å². The van der Waals surface area contributed by atoms with Crippen LogP contribution in [0.1, 0.15) is 27.4 Å². The number of carbonyl (C=O) groups excluding carboxylic acids is 2. The zero-order valence-electron chi connectivity index (χ0n) is 18.2. The van der Waals surface area contributed by atoms with Gasteiger partial charge in [0.05, 0.1) is 33.1 Å². The van der Waals surface area contributed by atoms with Gasteiger partial charge in [-0.05, 0) is 41.6 Å². The maximum Gasteiger partial charge on any atom is 0.405 e. The van der Waals surface area contributed by atoms with Gasteiger partial charge in [0.15, 0.2) is 0 Å². The summed E-state index contributed by atoms with van der Waals surface area (Å²) < 4.78 is 77.7. The van der Waals surface area contributed by atoms with E-state index in [1.807, 2.05) is 0 Å². The highest BCUT2D eigenvalue weighted by Gasteiger charge is 2.39. The molecule has 196 valence electrons. The largest absolute Gasteiger partial charge is 0.405 e. The maximum atomic E-state index is 13.7. The predicted molar refractivity (Wildman–Crippen MR) is 129 cm³/mol. The highest BCUT2D eigenvalue weighted by Crippen LogP contribution is 2.41. The van der Waals surface area contributed by atoms with Gasteiger partial charge in [-0.15, -0.1) is 11.8 Å². The van der Waals surface area contributed by atoms with E-state index in [9.17, 15) is 35.9 Å². The molecule has 0 bridgehead atoms. The fourth-order valence-electron chi connectivity index (χ4n) is 2.89. The molecule has 0 radical (unpaired) electrons. The molecule has 1 unspecified atom stereocenters. The van der Waals surface area contributed by atoms with Crippen molar-refractivity contribution in [1.29, 1.82) is 0 Å². The van der Waals surface area contributed by atoms with E-state index in [1.54, 1.807) is 11.6 Å². The van der Waals surface area contributed by atoms with E-state index >= 15 is 0 Å². The molecule has 2 amide bonds. The Morgan fingerprint density at radius 1 is 1.00 bits per heavy atom. The second-order valence-corrected chi connectivity index (χ2v) is 9.25. The fraction of sp³-hybridized carbons (Fsp3) is 0.273. The van der Waals surface area contributed by atoms with Crippen molar-refractivity contribution in [2.45, 2.75) is 23.2 Å². The summed E-state index contributed by atoms with van der Waals surface area (Å²) in [5.41, 5.74) is 0.203. The maximum absolute atomic E-state index is 13.7. The topological polar surface area (TPSA) is 58.2 Å². The molecule has 2 N–H and O–H groups in total. The molecule has 0 fully saturated rings. The van der Waals surface area contributed by atoms with Crippen LogP contribution in [0, 0.1) is 0 Å². The van der Waals surface area contributed by atoms with Crippen LogP contribution in [-0.4, -0.2) is 43.5 Å². The second kappa shape index (κ2) is 12.4. The summed E-state index contributed by atoms with van der Waals surface area (Å²) in [7, 11) is 0. The Balaban J connectivity index is 2.21. The molecule has 14 heteroatoms. The normalized spacial score (nSPS) is 13.1. The zero-order valence-corrected chi connectivity index (χ0v) is 21.2. The number of rotatable bonds is 8. The molecule has 0 saturated heterocycles. The summed E-state index contributed by atoms with van der Waals surface area (Å²) in [6, 6.07) is 6.31. The third-order valence-corrected chi connectivity index (χ3v) is 6.54. The van der Waals surface area contributed by atoms with E-state index < -0.39 is 43.2 Å². The van der Waals surface area contributed by atoms with Gasteiger partial charge in [-0.25, -0.2) is 0 Å². The van der Waals surface area contributed by atoms with Crippen LogP contribution in [-0.2, 0) is 4.79 Å². The highest BCUT2D eigenvalue weighted by atomic mass is 35.5. The number of alkyl halides is 6. The molecular formula is C22H17Cl3F6N2O2S. The van der Waals surface area contributed by atoms with Crippen molar-refractivity contribution in [3.8, 4) is 0 Å². The summed E-state index contributed by atoms with van der Waals surface area (Å²) in [6.45, 7) is -2.23. The van der Waals surface area contributed by atoms with Gasteiger partial charge in [-0.2, -0.15) is 26.3 Å². The third-order valence-electron chi connectivity index (χ3n) is 4.56. The smallest absolute Gasteiger partial charge is 0.345 e. The second-order valence-electron chi connectivity index (χ2n) is 7.21. The minimum Gasteiger partial charge on any atom is -0.345 e. The van der Waals surface area contributed by atoms with Gasteiger partial charge in [0.25, 0.3) is 5.91 Å². The average Bonchev–Trinajstić information content (AvgIpc) is 2.78. The monoisotopic (exact) mass is 592 g/mol. The molecule has 2 rings (SSSR count). The molecule has 0 aliphatic heterocycles. The number of halogens is 9. The minimum atomic E-state index is -4.67. The predicted octanol–water partition coefficient (Wildman–Crippen LogP) is 7.14. The number of benzene rings is 2. The van der Waals surface area contributed by atoms with Crippen LogP contribution >= 0.6 is 46.6 Å². The SMILES string of the molecule is CSc1cc(C=CC(c2cc(Cl)c(Cl)c(Cl)c2)C(F)(F)F)ccc1C(=O)NCC(=O)NCC(F)(F)F. The zero-order chi connectivity index (χ0) is 27.3. The lowest BCUT2D eigenvalue weighted by molar-refractivity contribution is -0.139. The van der Waals surface area contributed by atoms with Crippen LogP contribution in [0.15, 0.2) is 41.3 Å². The standard InChI is InChI=1S/C22H17Cl3F6N2O2S/c1-36-17-6-11(2-4-13(17)20(35)32-9-18(34)33-10-21(26,27)28)3-5-14(22(29,30)31)12-7-15(23)19(25)16(24)8-12/h2-8,14H,9-10H2,1H3,(H,32,35)(H,33,34). The van der Waals surface area contributed by atoms with Crippen molar-refractivity contribution in [2.75, 3.05) is 19.3 Å². The van der Waals surface area contributed by atoms with Gasteiger partial charge in [-0.1, -0.05) is 53.0 Å². The highest BCUT2D eigenvalue weighted by molar-refractivity contribution is 7.98. The lowest BCUT2D eigenvalue weighted by atomic mass is 9.97. The number of carbonyl (C=O) groups is 2. The van der Waals surface area contributed by atoms with Crippen molar-refractivity contribution < 1.29 is 35.9 Å². The van der Waals surface area contributed by atoms with Crippen LogP contribution in [0.5, 0.6) is 0 Å². The van der Waals surface area contributed by atoms with E-state index in [0.29, 0.717) is 10.5 Å². The molecule has 1 atom stereocenters. The van der Waals surface area contributed by atoms with Crippen molar-refractivity contribution >= 4 is 64.5 Å². The Morgan fingerprint density at radius 3 is 2.14 bits per heavy atom. The van der Waals surface area contributed by atoms with Gasteiger partial charge in [-0.3, -0.25) is 9.59 Å². The van der Waals surface area contributed by atoms with Crippen molar-refractivity contribution in [2.24, 2.45) is 0 Å². The molecular weight excluding hydrogens is 577 g/mol. The first kappa shape index (κ1) is 30.1. The van der Waals surface area contributed by atoms with Gasteiger partial charge in [0.1, 0.15) is 6.54 Å². The Bertz CT molecular complexity index is 1130. The molecule has 2 aromatic rings. The van der Waals surface area contributed by atoms with E-state index in [0.717, 1.165) is 30.0 Å². The molecule has 0 heterocycles. The average molecular weight is 594 g/mol. The van der Waals surface area contributed by atoms with Crippen LogP contribution < -0.4 is 10.6 Å². The first-order chi connectivity index (χ1) is 16.6. The summed E-state index contributed by atoms with van der Waals surface area (Å²) in [5.74, 6) is -3.83. The minimum absolute atomic E-state index is 0.0664. The quantitative estimate of drug-likeness (QED) is 0.194. The lowest BCUT2D eigenvalue weighted by Gasteiger charge is -2.18. The molecule has 0 spiro atoms. The molecule has 4 nitrogen and oxygen atoms in total. The number of hydrogen-bond donors (Lipinski definition) is 2. The fourth-order valence-corrected chi connectivity index (χ4v) is 4.14. The van der Waals surface area contributed by atoms with Crippen LogP contribution in [0.3, 0.4) is 0 Å². The number of hydrogen-bond acceptors (Lipinski definition) is 3. The van der Waals surface area contributed by atoms with Gasteiger partial charge >= 0.3 is 12.4 Å². The van der Waals surface area contributed by atoms with Crippen LogP contribution in [0.2, 0.25) is 15.1 Å². The van der Waals surface area contributed by atoms with Gasteiger partial charge < -0.3 is 10.6 Å². The lowest BCUT2D eigenvalue weighted by Crippen LogP contribution is -2.41. The van der Waals surface area contributed by atoms with Crippen LogP contribution in [0.25, 0.3) is 6.08 Å². The Hall–Kier alpha value is -2.08. The van der Waals surface area contributed by atoms with E-state index in [1.165, 1.54) is 24.3 Å². The summed E-state index contributed by atoms with van der Waals surface area (Å²) in [5, 5.41) is 3.50. The summed E-state index contributed by atoms with van der Waals surface area (Å²) >= 11 is 18.7. The molecule has 0 aliphatic carbocycles. The number of thioether (sulfide) groups is 1. The first-order valence-corrected chi connectivity index (χ1v) is 12.2.